The number of carbonyl (C=O) groups is 1. The minimum atomic E-state index is -0.595. The number of carbonyl (C=O) groups excluding carboxylic acids is 1. The van der Waals surface area contributed by atoms with Gasteiger partial charge in [-0.05, 0) is 36.8 Å². The molecule has 24 heavy (non-hydrogen) atoms. The highest BCUT2D eigenvalue weighted by Crippen LogP contribution is 2.14. The van der Waals surface area contributed by atoms with Crippen LogP contribution in [0.3, 0.4) is 0 Å². The second-order valence-electron chi connectivity index (χ2n) is 5.26. The van der Waals surface area contributed by atoms with Crippen molar-refractivity contribution in [1.82, 2.24) is 4.73 Å². The summed E-state index contributed by atoms with van der Waals surface area (Å²) in [5, 5.41) is 12.3. The fourth-order valence-corrected chi connectivity index (χ4v) is 2.46. The normalized spacial score (nSPS) is 11.2. The molecule has 0 aliphatic carbocycles. The van der Waals surface area contributed by atoms with Crippen LogP contribution in [0.4, 0.5) is 4.39 Å². The lowest BCUT2D eigenvalue weighted by Crippen LogP contribution is -2.29. The minimum absolute atomic E-state index is 0.0254. The molecule has 3 aromatic rings. The Kier molecular flexibility index (Phi) is 3.95. The van der Waals surface area contributed by atoms with Crippen molar-refractivity contribution in [2.24, 2.45) is 0 Å². The van der Waals surface area contributed by atoms with Gasteiger partial charge in [-0.3, -0.25) is 4.79 Å². The number of para-hydroxylation sites is 2. The summed E-state index contributed by atoms with van der Waals surface area (Å²) in [7, 11) is 0. The van der Waals surface area contributed by atoms with Crippen molar-refractivity contribution in [3.05, 3.63) is 87.5 Å². The predicted molar refractivity (Wildman–Crippen MR) is 88.6 cm³/mol. The molecule has 0 unspecified atom stereocenters. The van der Waals surface area contributed by atoms with Crippen molar-refractivity contribution in [3.8, 4) is 0 Å². The highest BCUT2D eigenvalue weighted by molar-refractivity contribution is 6.05. The highest BCUT2D eigenvalue weighted by atomic mass is 19.1. The highest BCUT2D eigenvalue weighted by Gasteiger charge is 2.24. The lowest BCUT2D eigenvalue weighted by Gasteiger charge is -2.15. The number of benzene rings is 2. The van der Waals surface area contributed by atoms with Crippen LogP contribution < -0.4 is 4.43 Å². The smallest absolute Gasteiger partial charge is 0.329 e. The SMILES string of the molecule is Cc1c(C(=O)C=Cc2ccc(F)cc2)[n+](=O)c2ccccc2n1[O-]. The van der Waals surface area contributed by atoms with Gasteiger partial charge in [0.25, 0.3) is 11.3 Å². The van der Waals surface area contributed by atoms with E-state index in [0.29, 0.717) is 14.7 Å². The summed E-state index contributed by atoms with van der Waals surface area (Å²) in [5.74, 6) is -0.976. The van der Waals surface area contributed by atoms with Crippen LogP contribution in [0.5, 0.6) is 0 Å². The molecule has 3 rings (SSSR count). The zero-order valence-electron chi connectivity index (χ0n) is 12.8. The van der Waals surface area contributed by atoms with Crippen molar-refractivity contribution in [1.29, 1.82) is 0 Å². The Morgan fingerprint density at radius 2 is 1.83 bits per heavy atom. The Labute approximate surface area is 136 Å². The van der Waals surface area contributed by atoms with Crippen LogP contribution in [0.1, 0.15) is 21.7 Å². The van der Waals surface area contributed by atoms with Crippen molar-refractivity contribution in [2.45, 2.75) is 6.92 Å². The number of hydrogen-bond acceptors (Lipinski definition) is 3. The summed E-state index contributed by atoms with van der Waals surface area (Å²) >= 11 is 0. The summed E-state index contributed by atoms with van der Waals surface area (Å²) in [6.07, 6.45) is 2.66. The zero-order chi connectivity index (χ0) is 17.3. The summed E-state index contributed by atoms with van der Waals surface area (Å²) in [4.78, 5) is 24.8. The van der Waals surface area contributed by atoms with Gasteiger partial charge in [-0.25, -0.2) is 4.39 Å². The van der Waals surface area contributed by atoms with Crippen LogP contribution in [-0.2, 0) is 0 Å². The van der Waals surface area contributed by atoms with Crippen molar-refractivity contribution < 1.29 is 13.6 Å². The average Bonchev–Trinajstić information content (AvgIpc) is 2.59. The maximum Gasteiger partial charge on any atom is 0.329 e. The lowest BCUT2D eigenvalue weighted by molar-refractivity contribution is -0.468. The Morgan fingerprint density at radius 3 is 2.54 bits per heavy atom. The van der Waals surface area contributed by atoms with Gasteiger partial charge >= 0.3 is 5.69 Å². The van der Waals surface area contributed by atoms with Crippen LogP contribution in [0.25, 0.3) is 17.1 Å². The van der Waals surface area contributed by atoms with Gasteiger partial charge in [0.1, 0.15) is 11.3 Å². The van der Waals surface area contributed by atoms with Crippen LogP contribution in [0.15, 0.2) is 54.6 Å². The molecular formula is C18H13FN2O3. The van der Waals surface area contributed by atoms with Crippen LogP contribution >= 0.6 is 0 Å². The number of nitrogens with zero attached hydrogens (tertiary/aromatic N) is 2. The molecule has 1 aromatic heterocycles. The first-order valence-electron chi connectivity index (χ1n) is 7.21. The monoisotopic (exact) mass is 324 g/mol. The molecule has 5 nitrogen and oxygen atoms in total. The minimum Gasteiger partial charge on any atom is -0.805 e. The summed E-state index contributed by atoms with van der Waals surface area (Å²) < 4.78 is 13.9. The first kappa shape index (κ1) is 15.6. The average molecular weight is 324 g/mol. The fraction of sp³-hybridized carbons (Fsp3) is 0.0556. The van der Waals surface area contributed by atoms with Crippen molar-refractivity contribution >= 4 is 22.9 Å². The zero-order valence-corrected chi connectivity index (χ0v) is 12.8. The third-order valence-corrected chi connectivity index (χ3v) is 3.70. The standard InChI is InChI=1S/C18H13FN2O3/c1-12-18(17(22)11-8-13-6-9-14(19)10-7-13)21(24)16-5-3-2-4-15(16)20(12)23/h2-11H,1H3. The van der Waals surface area contributed by atoms with Gasteiger partial charge in [0, 0.05) is 11.0 Å². The molecule has 0 spiro atoms. The van der Waals surface area contributed by atoms with Crippen molar-refractivity contribution in [2.75, 3.05) is 0 Å². The van der Waals surface area contributed by atoms with E-state index in [4.69, 9.17) is 0 Å². The molecule has 1 heterocycles. The summed E-state index contributed by atoms with van der Waals surface area (Å²) in [6.45, 7) is 1.42. The number of ketones is 1. The van der Waals surface area contributed by atoms with E-state index in [-0.39, 0.29) is 28.2 Å². The Hall–Kier alpha value is -3.28. The molecule has 6 heteroatoms. The van der Waals surface area contributed by atoms with Gasteiger partial charge in [0.15, 0.2) is 0 Å². The van der Waals surface area contributed by atoms with E-state index in [1.807, 2.05) is 0 Å². The van der Waals surface area contributed by atoms with Gasteiger partial charge in [-0.15, -0.1) is 0 Å². The van der Waals surface area contributed by atoms with Gasteiger partial charge < -0.3 is 9.94 Å². The second kappa shape index (κ2) is 6.08. The Morgan fingerprint density at radius 1 is 1.17 bits per heavy atom. The first-order valence-corrected chi connectivity index (χ1v) is 7.21. The number of halogens is 1. The number of aromatic nitrogens is 2. The molecule has 2 aromatic carbocycles. The molecule has 0 saturated heterocycles. The molecule has 0 radical (unpaired) electrons. The molecule has 0 aliphatic rings. The Bertz CT molecular complexity index is 1020. The number of rotatable bonds is 3. The first-order chi connectivity index (χ1) is 11.5. The molecule has 0 amide bonds. The second-order valence-corrected chi connectivity index (χ2v) is 5.26. The third kappa shape index (κ3) is 2.69. The van der Waals surface area contributed by atoms with E-state index < -0.39 is 5.78 Å². The predicted octanol–water partition coefficient (Wildman–Crippen LogP) is 3.25. The largest absolute Gasteiger partial charge is 0.805 e. The third-order valence-electron chi connectivity index (χ3n) is 3.70. The maximum absolute atomic E-state index is 12.9. The van der Waals surface area contributed by atoms with E-state index in [1.54, 1.807) is 12.1 Å². The molecule has 0 saturated carbocycles. The van der Waals surface area contributed by atoms with Gasteiger partial charge in [-0.1, -0.05) is 30.3 Å². The van der Waals surface area contributed by atoms with Crippen LogP contribution in [0.2, 0.25) is 0 Å². The van der Waals surface area contributed by atoms with Gasteiger partial charge in [0.2, 0.25) is 0 Å². The molecule has 0 aliphatic heterocycles. The van der Waals surface area contributed by atoms with Crippen molar-refractivity contribution in [3.63, 3.8) is 0 Å². The number of hydrogen-bond donors (Lipinski definition) is 0. The summed E-state index contributed by atoms with van der Waals surface area (Å²) in [5.41, 5.74) is 0.718. The lowest BCUT2D eigenvalue weighted by atomic mass is 10.1. The molecule has 0 atom stereocenters. The maximum atomic E-state index is 12.9. The molecule has 0 fully saturated rings. The van der Waals surface area contributed by atoms with Gasteiger partial charge in [-0.2, -0.15) is 0 Å². The van der Waals surface area contributed by atoms with E-state index in [9.17, 15) is 19.3 Å². The topological polar surface area (TPSA) is 68.0 Å². The summed E-state index contributed by atoms with van der Waals surface area (Å²) in [6, 6.07) is 11.8. The van der Waals surface area contributed by atoms with E-state index in [1.165, 1.54) is 55.5 Å². The van der Waals surface area contributed by atoms with E-state index in [2.05, 4.69) is 0 Å². The molecule has 0 N–H and O–H groups in total. The van der Waals surface area contributed by atoms with Crippen LogP contribution in [-0.4, -0.2) is 10.5 Å². The van der Waals surface area contributed by atoms with Crippen LogP contribution in [0, 0.1) is 22.9 Å². The molecular weight excluding hydrogens is 311 g/mol. The number of allylic oxidation sites excluding steroid dienone is 1. The Balaban J connectivity index is 2.07. The van der Waals surface area contributed by atoms with E-state index in [0.717, 1.165) is 0 Å². The fourth-order valence-electron chi connectivity index (χ4n) is 2.46. The molecule has 0 bridgehead atoms. The number of fused-ring (bicyclic) bond motifs is 1. The quantitative estimate of drug-likeness (QED) is 0.422. The molecule has 120 valence electrons. The van der Waals surface area contributed by atoms with E-state index >= 15 is 0 Å². The van der Waals surface area contributed by atoms with Gasteiger partial charge in [0.05, 0.1) is 10.1 Å².